The average molecular weight is 228 g/mol. The summed E-state index contributed by atoms with van der Waals surface area (Å²) in [5.41, 5.74) is 2.33. The molecule has 0 spiro atoms. The molecule has 2 unspecified atom stereocenters. The van der Waals surface area contributed by atoms with Gasteiger partial charge >= 0.3 is 0 Å². The van der Waals surface area contributed by atoms with E-state index in [2.05, 4.69) is 11.2 Å². The average Bonchev–Trinajstić information content (AvgIpc) is 2.83. The molecule has 0 amide bonds. The summed E-state index contributed by atoms with van der Waals surface area (Å²) < 4.78 is 1.88. The van der Waals surface area contributed by atoms with Gasteiger partial charge in [0.05, 0.1) is 6.04 Å². The highest BCUT2D eigenvalue weighted by atomic mass is 16.3. The molecule has 1 aromatic carbocycles. The predicted molar refractivity (Wildman–Crippen MR) is 65.6 cm³/mol. The van der Waals surface area contributed by atoms with Crippen LogP contribution in [0.25, 0.3) is 0 Å². The number of hydrogen-bond acceptors (Lipinski definition) is 2. The van der Waals surface area contributed by atoms with Crippen LogP contribution in [0.1, 0.15) is 36.1 Å². The smallest absolute Gasteiger partial charge is 0.102 e. The summed E-state index contributed by atoms with van der Waals surface area (Å²) in [7, 11) is 0. The third-order valence-electron chi connectivity index (χ3n) is 3.55. The number of hydrogen-bond donors (Lipinski definition) is 1. The van der Waals surface area contributed by atoms with Gasteiger partial charge in [-0.15, -0.1) is 0 Å². The summed E-state index contributed by atoms with van der Waals surface area (Å²) in [6.45, 7) is 0. The van der Waals surface area contributed by atoms with Crippen molar-refractivity contribution in [1.29, 1.82) is 0 Å². The third-order valence-corrected chi connectivity index (χ3v) is 3.55. The molecule has 3 heteroatoms. The summed E-state index contributed by atoms with van der Waals surface area (Å²) in [4.78, 5) is 0. The van der Waals surface area contributed by atoms with Crippen molar-refractivity contribution in [2.24, 2.45) is 0 Å². The molecule has 3 nitrogen and oxygen atoms in total. The fourth-order valence-electron chi connectivity index (χ4n) is 2.67. The van der Waals surface area contributed by atoms with Gasteiger partial charge in [-0.1, -0.05) is 24.3 Å². The third kappa shape index (κ3) is 1.87. The van der Waals surface area contributed by atoms with Crippen LogP contribution in [0.4, 0.5) is 0 Å². The molecule has 0 saturated heterocycles. The maximum Gasteiger partial charge on any atom is 0.102 e. The molecule has 0 saturated carbocycles. The number of fused-ring (bicyclic) bond motifs is 1. The van der Waals surface area contributed by atoms with Crippen molar-refractivity contribution in [2.75, 3.05) is 0 Å². The molecule has 2 aromatic rings. The van der Waals surface area contributed by atoms with Crippen molar-refractivity contribution >= 4 is 0 Å². The van der Waals surface area contributed by atoms with Crippen LogP contribution >= 0.6 is 0 Å². The minimum atomic E-state index is -0.450. The van der Waals surface area contributed by atoms with Gasteiger partial charge in [0, 0.05) is 12.4 Å². The van der Waals surface area contributed by atoms with Crippen LogP contribution in [0.15, 0.2) is 42.7 Å². The van der Waals surface area contributed by atoms with Crippen molar-refractivity contribution in [3.63, 3.8) is 0 Å². The number of aryl methyl sites for hydroxylation is 1. The van der Waals surface area contributed by atoms with E-state index >= 15 is 0 Å². The Morgan fingerprint density at radius 2 is 2.12 bits per heavy atom. The van der Waals surface area contributed by atoms with Crippen molar-refractivity contribution in [3.8, 4) is 0 Å². The second-order valence-electron chi connectivity index (χ2n) is 4.59. The summed E-state index contributed by atoms with van der Waals surface area (Å²) in [6, 6.07) is 10.1. The number of aromatic nitrogens is 2. The van der Waals surface area contributed by atoms with Gasteiger partial charge in [-0.05, 0) is 36.5 Å². The van der Waals surface area contributed by atoms with Crippen LogP contribution in [-0.2, 0) is 6.42 Å². The number of aliphatic hydroxyl groups is 1. The van der Waals surface area contributed by atoms with E-state index in [1.54, 1.807) is 6.20 Å². The van der Waals surface area contributed by atoms with Crippen LogP contribution in [0.5, 0.6) is 0 Å². The summed E-state index contributed by atoms with van der Waals surface area (Å²) in [6.07, 6.45) is 6.36. The van der Waals surface area contributed by atoms with E-state index in [0.29, 0.717) is 0 Å². The molecule has 88 valence electrons. The van der Waals surface area contributed by atoms with E-state index in [1.165, 1.54) is 5.56 Å². The highest BCUT2D eigenvalue weighted by molar-refractivity contribution is 5.31. The predicted octanol–water partition coefficient (Wildman–Crippen LogP) is 2.49. The molecular weight excluding hydrogens is 212 g/mol. The van der Waals surface area contributed by atoms with Crippen molar-refractivity contribution in [1.82, 2.24) is 9.78 Å². The monoisotopic (exact) mass is 228 g/mol. The fourth-order valence-corrected chi connectivity index (χ4v) is 2.67. The Balaban J connectivity index is 2.00. The second-order valence-corrected chi connectivity index (χ2v) is 4.59. The number of nitrogens with zero attached hydrogens (tertiary/aromatic N) is 2. The topological polar surface area (TPSA) is 38.0 Å². The summed E-state index contributed by atoms with van der Waals surface area (Å²) >= 11 is 0. The van der Waals surface area contributed by atoms with Crippen LogP contribution in [0, 0.1) is 0 Å². The largest absolute Gasteiger partial charge is 0.386 e. The van der Waals surface area contributed by atoms with Crippen LogP contribution in [0.3, 0.4) is 0 Å². The minimum absolute atomic E-state index is 0.0636. The first kappa shape index (κ1) is 10.5. The maximum atomic E-state index is 10.5. The quantitative estimate of drug-likeness (QED) is 0.761. The van der Waals surface area contributed by atoms with Gasteiger partial charge < -0.3 is 5.11 Å². The number of rotatable bonds is 1. The van der Waals surface area contributed by atoms with Crippen molar-refractivity contribution < 1.29 is 5.11 Å². The lowest BCUT2D eigenvalue weighted by molar-refractivity contribution is 0.103. The molecule has 2 atom stereocenters. The zero-order chi connectivity index (χ0) is 11.7. The number of benzene rings is 1. The van der Waals surface area contributed by atoms with E-state index in [4.69, 9.17) is 0 Å². The highest BCUT2D eigenvalue weighted by Gasteiger charge is 2.27. The molecule has 1 N–H and O–H groups in total. The van der Waals surface area contributed by atoms with E-state index in [1.807, 2.05) is 35.1 Å². The van der Waals surface area contributed by atoms with Gasteiger partial charge in [0.15, 0.2) is 0 Å². The van der Waals surface area contributed by atoms with Gasteiger partial charge in [0.1, 0.15) is 6.10 Å². The molecule has 0 fully saturated rings. The Bertz CT molecular complexity index is 493. The van der Waals surface area contributed by atoms with Gasteiger partial charge in [-0.25, -0.2) is 0 Å². The molecule has 0 radical (unpaired) electrons. The first-order valence-corrected chi connectivity index (χ1v) is 6.11. The molecule has 3 rings (SSSR count). The van der Waals surface area contributed by atoms with Crippen LogP contribution in [0.2, 0.25) is 0 Å². The lowest BCUT2D eigenvalue weighted by Crippen LogP contribution is -2.17. The van der Waals surface area contributed by atoms with E-state index in [9.17, 15) is 5.11 Å². The van der Waals surface area contributed by atoms with E-state index < -0.39 is 6.10 Å². The standard InChI is InChI=1S/C14H16N2O/c17-14-12-7-2-1-5-11(12)6-3-8-13(14)16-10-4-9-15-16/h1-2,4-5,7,9-10,13-14,17H,3,6,8H2. The first-order valence-electron chi connectivity index (χ1n) is 6.11. The Morgan fingerprint density at radius 1 is 1.24 bits per heavy atom. The molecule has 1 aliphatic carbocycles. The Labute approximate surface area is 101 Å². The molecule has 1 aliphatic rings. The lowest BCUT2D eigenvalue weighted by Gasteiger charge is -2.22. The summed E-state index contributed by atoms with van der Waals surface area (Å²) in [5, 5.41) is 14.8. The Hall–Kier alpha value is -1.61. The Morgan fingerprint density at radius 3 is 2.94 bits per heavy atom. The second kappa shape index (κ2) is 4.34. The van der Waals surface area contributed by atoms with Crippen LogP contribution in [-0.4, -0.2) is 14.9 Å². The highest BCUT2D eigenvalue weighted by Crippen LogP contribution is 2.35. The number of aliphatic hydroxyl groups excluding tert-OH is 1. The zero-order valence-electron chi connectivity index (χ0n) is 9.66. The lowest BCUT2D eigenvalue weighted by atomic mass is 9.99. The zero-order valence-corrected chi connectivity index (χ0v) is 9.66. The molecule has 17 heavy (non-hydrogen) atoms. The molecule has 0 aliphatic heterocycles. The molecule has 1 aromatic heterocycles. The van der Waals surface area contributed by atoms with Crippen molar-refractivity contribution in [2.45, 2.75) is 31.4 Å². The molecule has 0 bridgehead atoms. The molecule has 1 heterocycles. The molecular formula is C14H16N2O. The van der Waals surface area contributed by atoms with E-state index in [0.717, 1.165) is 24.8 Å². The fraction of sp³-hybridized carbons (Fsp3) is 0.357. The minimum Gasteiger partial charge on any atom is -0.386 e. The van der Waals surface area contributed by atoms with E-state index in [-0.39, 0.29) is 6.04 Å². The normalized spacial score (nSPS) is 24.1. The maximum absolute atomic E-state index is 10.5. The first-order chi connectivity index (χ1) is 8.36. The van der Waals surface area contributed by atoms with Gasteiger partial charge in [0.2, 0.25) is 0 Å². The van der Waals surface area contributed by atoms with Gasteiger partial charge in [0.25, 0.3) is 0 Å². The van der Waals surface area contributed by atoms with Gasteiger partial charge in [-0.2, -0.15) is 5.10 Å². The van der Waals surface area contributed by atoms with Gasteiger partial charge in [-0.3, -0.25) is 4.68 Å². The Kier molecular flexibility index (Phi) is 2.69. The van der Waals surface area contributed by atoms with Crippen LogP contribution < -0.4 is 0 Å². The summed E-state index contributed by atoms with van der Waals surface area (Å²) in [5.74, 6) is 0. The SMILES string of the molecule is OC1c2ccccc2CCCC1n1cccn1. The van der Waals surface area contributed by atoms with Crippen molar-refractivity contribution in [3.05, 3.63) is 53.9 Å².